The number of amides is 1. The minimum atomic E-state index is -4.87. The number of phenolic OH excluding ortho intramolecular Hbond substituents is 1. The number of aliphatic hydroxyl groups excluding tert-OH is 2. The molecule has 1 amide bonds. The first kappa shape index (κ1) is 36.9. The zero-order valence-electron chi connectivity index (χ0n) is 27.7. The average molecular weight is 741 g/mol. The molecule has 0 unspecified atom stereocenters. The monoisotopic (exact) mass is 740 g/mol. The Morgan fingerprint density at radius 2 is 1.75 bits per heavy atom. The number of aliphatic hydroxyl groups is 2. The summed E-state index contributed by atoms with van der Waals surface area (Å²) in [6.45, 7) is 3.57. The van der Waals surface area contributed by atoms with Crippen LogP contribution in [0.1, 0.15) is 34.3 Å². The van der Waals surface area contributed by atoms with Gasteiger partial charge in [-0.3, -0.25) is 14.8 Å². The van der Waals surface area contributed by atoms with Gasteiger partial charge in [0.1, 0.15) is 11.4 Å². The van der Waals surface area contributed by atoms with Gasteiger partial charge in [0.05, 0.1) is 42.1 Å². The summed E-state index contributed by atoms with van der Waals surface area (Å²) in [7, 11) is 0. The number of ketones is 1. The van der Waals surface area contributed by atoms with Crippen LogP contribution in [0.3, 0.4) is 0 Å². The molecule has 16 heteroatoms. The second-order valence-corrected chi connectivity index (χ2v) is 12.7. The summed E-state index contributed by atoms with van der Waals surface area (Å²) in [6, 6.07) is 12.7. The molecule has 0 radical (unpaired) electrons. The number of cyclic esters (lactones) is 1. The lowest BCUT2D eigenvalue weighted by atomic mass is 9.86. The van der Waals surface area contributed by atoms with E-state index in [1.165, 1.54) is 18.2 Å². The molecule has 0 saturated heterocycles. The van der Waals surface area contributed by atoms with Gasteiger partial charge in [0.2, 0.25) is 0 Å². The van der Waals surface area contributed by atoms with Crippen LogP contribution in [0.5, 0.6) is 5.75 Å². The molecule has 0 bridgehead atoms. The highest BCUT2D eigenvalue weighted by Crippen LogP contribution is 2.48. The summed E-state index contributed by atoms with van der Waals surface area (Å²) >= 11 is 5.78. The van der Waals surface area contributed by atoms with Crippen molar-refractivity contribution in [3.63, 3.8) is 0 Å². The first-order valence-corrected chi connectivity index (χ1v) is 17.0. The van der Waals surface area contributed by atoms with Crippen LogP contribution in [0.4, 0.5) is 29.3 Å². The number of phenols is 1. The maximum Gasteiger partial charge on any atom is 0.445 e. The van der Waals surface area contributed by atoms with E-state index in [9.17, 15) is 27.9 Å². The van der Waals surface area contributed by atoms with Crippen LogP contribution in [0.25, 0.3) is 22.2 Å². The average Bonchev–Trinajstić information content (AvgIpc) is 3.87. The summed E-state index contributed by atoms with van der Waals surface area (Å²) < 4.78 is 47.3. The summed E-state index contributed by atoms with van der Waals surface area (Å²) in [4.78, 5) is 25.0. The predicted molar refractivity (Wildman–Crippen MR) is 188 cm³/mol. The maximum atomic E-state index is 13.6. The summed E-state index contributed by atoms with van der Waals surface area (Å²) in [6.07, 6.45) is -4.54. The normalized spacial score (nSPS) is 17.2. The number of halogens is 4. The zero-order chi connectivity index (χ0) is 37.0. The van der Waals surface area contributed by atoms with Crippen molar-refractivity contribution in [3.8, 4) is 28.8 Å². The van der Waals surface area contributed by atoms with Gasteiger partial charge in [-0.1, -0.05) is 29.7 Å². The van der Waals surface area contributed by atoms with E-state index in [0.29, 0.717) is 61.8 Å². The molecule has 7 rings (SSSR count). The molecule has 3 aromatic carbocycles. The number of nitrogens with zero attached hydrogens (tertiary/aromatic N) is 2. The van der Waals surface area contributed by atoms with Gasteiger partial charge in [0.25, 0.3) is 5.60 Å². The van der Waals surface area contributed by atoms with Gasteiger partial charge in [-0.05, 0) is 55.2 Å². The molecule has 12 nitrogen and oxygen atoms in total. The van der Waals surface area contributed by atoms with Gasteiger partial charge in [0.15, 0.2) is 5.78 Å². The third-order valence-electron chi connectivity index (χ3n) is 8.64. The lowest BCUT2D eigenvalue weighted by Gasteiger charge is -2.35. The summed E-state index contributed by atoms with van der Waals surface area (Å²) in [5.41, 5.74) is 0.363. The Morgan fingerprint density at radius 3 is 2.46 bits per heavy atom. The third-order valence-corrected chi connectivity index (χ3v) is 8.87. The fourth-order valence-corrected chi connectivity index (χ4v) is 6.22. The van der Waals surface area contributed by atoms with E-state index in [4.69, 9.17) is 26.9 Å². The Bertz CT molecular complexity index is 2060. The molecule has 274 valence electrons. The van der Waals surface area contributed by atoms with Gasteiger partial charge in [-0.15, -0.1) is 0 Å². The van der Waals surface area contributed by atoms with Crippen LogP contribution in [-0.4, -0.2) is 89.1 Å². The van der Waals surface area contributed by atoms with E-state index < -0.39 is 17.9 Å². The number of carbonyl (C=O) groups excluding carboxylic acids is 2. The van der Waals surface area contributed by atoms with E-state index in [1.54, 1.807) is 6.07 Å². The molecule has 0 spiro atoms. The minimum absolute atomic E-state index is 0.00179. The molecule has 2 aliphatic carbocycles. The number of ether oxygens (including phenoxy) is 1. The molecule has 7 N–H and O–H groups in total. The second kappa shape index (κ2) is 15.4. The van der Waals surface area contributed by atoms with Crippen LogP contribution in [0, 0.1) is 17.8 Å². The Kier molecular flexibility index (Phi) is 10.9. The molecule has 1 saturated carbocycles. The van der Waals surface area contributed by atoms with Gasteiger partial charge >= 0.3 is 12.3 Å². The first-order valence-electron chi connectivity index (χ1n) is 16.7. The number of fused-ring (bicyclic) bond motifs is 3. The second-order valence-electron chi connectivity index (χ2n) is 12.3. The minimum Gasteiger partial charge on any atom is -0.507 e. The molecule has 1 aliphatic heterocycles. The molecule has 2 heterocycles. The Balaban J connectivity index is 0.000000192. The fraction of sp³-hybridized carbons (Fsp3) is 0.361. The number of aromatic nitrogens is 2. The van der Waals surface area contributed by atoms with Crippen LogP contribution in [-0.2, 0) is 16.9 Å². The van der Waals surface area contributed by atoms with Crippen molar-refractivity contribution in [3.05, 3.63) is 70.2 Å². The highest BCUT2D eigenvalue weighted by atomic mass is 35.5. The third kappa shape index (κ3) is 7.39. The fourth-order valence-electron chi connectivity index (χ4n) is 6.04. The lowest BCUT2D eigenvalue weighted by molar-refractivity contribution is -0.239. The largest absolute Gasteiger partial charge is 0.507 e. The Hall–Kier alpha value is -4.85. The Morgan fingerprint density at radius 1 is 1.00 bits per heavy atom. The van der Waals surface area contributed by atoms with Crippen molar-refractivity contribution in [2.24, 2.45) is 5.92 Å². The number of carbonyl (C=O) groups is 2. The van der Waals surface area contributed by atoms with E-state index in [-0.39, 0.29) is 52.5 Å². The highest BCUT2D eigenvalue weighted by Gasteiger charge is 2.62. The molecule has 1 aromatic heterocycles. The molecule has 1 fully saturated rings. The maximum absolute atomic E-state index is 13.6. The summed E-state index contributed by atoms with van der Waals surface area (Å²) in [5, 5.41) is 45.7. The van der Waals surface area contributed by atoms with Crippen LogP contribution in [0.2, 0.25) is 5.02 Å². The predicted octanol–water partition coefficient (Wildman–Crippen LogP) is 4.60. The van der Waals surface area contributed by atoms with E-state index in [2.05, 4.69) is 37.8 Å². The lowest BCUT2D eigenvalue weighted by Crippen LogP contribution is -2.49. The first-order chi connectivity index (χ1) is 25.0. The quantitative estimate of drug-likeness (QED) is 0.0751. The van der Waals surface area contributed by atoms with Crippen molar-refractivity contribution in [1.29, 1.82) is 0 Å². The van der Waals surface area contributed by atoms with Gasteiger partial charge in [-0.25, -0.2) is 4.79 Å². The smallest absolute Gasteiger partial charge is 0.445 e. The Labute approximate surface area is 301 Å². The van der Waals surface area contributed by atoms with Gasteiger partial charge in [-0.2, -0.15) is 18.3 Å². The summed E-state index contributed by atoms with van der Waals surface area (Å²) in [5.74, 6) is 4.32. The van der Waals surface area contributed by atoms with E-state index in [0.717, 1.165) is 29.8 Å². The van der Waals surface area contributed by atoms with Crippen LogP contribution in [0.15, 0.2) is 48.5 Å². The molecule has 4 aromatic rings. The van der Waals surface area contributed by atoms with Crippen LogP contribution >= 0.6 is 11.6 Å². The number of hydrogen-bond acceptors (Lipinski definition) is 10. The molecule has 52 heavy (non-hydrogen) atoms. The standard InChI is InChI=1S/C22H27N5O4.C14H9ClF3NO2/c28-12-9-23-6-7-25-15-4-5-16-20-19(15)22(31)18-14(2-1-3-17(18)30)21(20)26-27(16)11-8-24-10-13-29;15-9-3-4-11-10(7-9)13(14(16,17)18,21-12(20)19-11)6-5-8-1-2-8/h1-5,23-25,28-30H,6-13H2;3-4,7-8H,1-2H2,(H,19,20)/t;13-/m.0/s1. The number of hydrogen-bond donors (Lipinski definition) is 7. The highest BCUT2D eigenvalue weighted by molar-refractivity contribution is 6.31. The zero-order valence-corrected chi connectivity index (χ0v) is 28.5. The molecular formula is C36H36ClF3N6O6. The van der Waals surface area contributed by atoms with Crippen molar-refractivity contribution in [1.82, 2.24) is 20.4 Å². The SMILES string of the molecule is O=C1Nc2ccc(Cl)cc2[C@@](C#CC2CC2)(C(F)(F)F)O1.O=C1c2c(O)cccc2-c2nn(CCNCCO)c3ccc(NCCNCCO)c1c23. The van der Waals surface area contributed by atoms with Crippen molar-refractivity contribution in [2.75, 3.05) is 56.6 Å². The van der Waals surface area contributed by atoms with Gasteiger partial charge in [0, 0.05) is 65.9 Å². The molecule has 3 aliphatic rings. The molecule has 1 atom stereocenters. The van der Waals surface area contributed by atoms with Gasteiger partial charge < -0.3 is 36.0 Å². The van der Waals surface area contributed by atoms with E-state index in [1.807, 2.05) is 22.9 Å². The number of benzene rings is 3. The number of aromatic hydroxyl groups is 1. The topological polar surface area (TPSA) is 170 Å². The number of anilines is 2. The van der Waals surface area contributed by atoms with Crippen molar-refractivity contribution >= 4 is 45.8 Å². The molecular weight excluding hydrogens is 705 g/mol. The number of rotatable bonds is 11. The van der Waals surface area contributed by atoms with Crippen molar-refractivity contribution < 1.29 is 42.8 Å². The van der Waals surface area contributed by atoms with E-state index >= 15 is 0 Å². The van der Waals surface area contributed by atoms with Crippen LogP contribution < -0.4 is 21.3 Å². The number of alkyl halides is 3. The number of nitrogens with one attached hydrogen (secondary N) is 4. The van der Waals surface area contributed by atoms with Crippen molar-refractivity contribution in [2.45, 2.75) is 31.2 Å².